The van der Waals surface area contributed by atoms with Crippen LogP contribution in [0.15, 0.2) is 5.11 Å². The molecule has 0 fully saturated rings. The van der Waals surface area contributed by atoms with Crippen molar-refractivity contribution in [3.63, 3.8) is 0 Å². The lowest BCUT2D eigenvalue weighted by molar-refractivity contribution is 0.359. The molecule has 5 nitrogen and oxygen atoms in total. The summed E-state index contributed by atoms with van der Waals surface area (Å²) in [6, 6.07) is 0. The first-order valence-electron chi connectivity index (χ1n) is 2.24. The summed E-state index contributed by atoms with van der Waals surface area (Å²) in [4.78, 5) is 2.55. The first kappa shape index (κ1) is 7.23. The van der Waals surface area contributed by atoms with Crippen molar-refractivity contribution in [2.75, 3.05) is 20.1 Å². The molecule has 8 heavy (non-hydrogen) atoms. The Kier molecular flexibility index (Phi) is 3.97. The van der Waals surface area contributed by atoms with Gasteiger partial charge in [0.15, 0.2) is 0 Å². The molecule has 0 spiro atoms. The maximum Gasteiger partial charge on any atom is 0.0399 e. The lowest BCUT2D eigenvalue weighted by Crippen LogP contribution is -2.28. The number of hydrogen-bond acceptors (Lipinski definition) is 3. The summed E-state index contributed by atoms with van der Waals surface area (Å²) < 4.78 is 0. The quantitative estimate of drug-likeness (QED) is 0.186. The Morgan fingerprint density at radius 2 is 2.50 bits per heavy atom. The molecule has 0 aromatic carbocycles. The van der Waals surface area contributed by atoms with E-state index in [1.807, 2.05) is 0 Å². The SMILES string of the molecule is CN(N)CCN=[N+]=[N-]. The number of nitrogens with two attached hydrogens (primary N) is 1. The Hall–Kier alpha value is -0.770. The van der Waals surface area contributed by atoms with Crippen LogP contribution < -0.4 is 5.84 Å². The van der Waals surface area contributed by atoms with Crippen molar-refractivity contribution in [1.82, 2.24) is 5.01 Å². The maximum atomic E-state index is 7.78. The third-order valence-corrected chi connectivity index (χ3v) is 0.616. The van der Waals surface area contributed by atoms with E-state index in [4.69, 9.17) is 11.4 Å². The zero-order valence-electron chi connectivity index (χ0n) is 4.78. The molecule has 0 aromatic rings. The van der Waals surface area contributed by atoms with Gasteiger partial charge in [-0.2, -0.15) is 0 Å². The van der Waals surface area contributed by atoms with E-state index in [9.17, 15) is 0 Å². The van der Waals surface area contributed by atoms with E-state index in [0.717, 1.165) is 0 Å². The van der Waals surface area contributed by atoms with Crippen LogP contribution in [-0.4, -0.2) is 25.1 Å². The fraction of sp³-hybridized carbons (Fsp3) is 1.00. The van der Waals surface area contributed by atoms with Gasteiger partial charge in [-0.05, 0) is 5.53 Å². The maximum absolute atomic E-state index is 7.78. The van der Waals surface area contributed by atoms with Crippen LogP contribution in [0.4, 0.5) is 0 Å². The van der Waals surface area contributed by atoms with Crippen LogP contribution in [-0.2, 0) is 0 Å². The summed E-state index contributed by atoms with van der Waals surface area (Å²) in [6.07, 6.45) is 0. The van der Waals surface area contributed by atoms with Gasteiger partial charge in [-0.25, -0.2) is 0 Å². The minimum Gasteiger partial charge on any atom is -0.269 e. The topological polar surface area (TPSA) is 78.0 Å². The van der Waals surface area contributed by atoms with Crippen LogP contribution in [0.3, 0.4) is 0 Å². The predicted octanol–water partition coefficient (Wildman–Crippen LogP) is 0.102. The van der Waals surface area contributed by atoms with E-state index < -0.39 is 0 Å². The smallest absolute Gasteiger partial charge is 0.0399 e. The highest BCUT2D eigenvalue weighted by Gasteiger charge is 1.83. The molecule has 0 aromatic heterocycles. The Labute approximate surface area is 47.7 Å². The predicted molar refractivity (Wildman–Crippen MR) is 30.8 cm³/mol. The number of hydrogen-bond donors (Lipinski definition) is 1. The lowest BCUT2D eigenvalue weighted by atomic mass is 10.6. The van der Waals surface area contributed by atoms with Crippen LogP contribution in [0.5, 0.6) is 0 Å². The molecule has 2 N–H and O–H groups in total. The molecule has 0 amide bonds. The van der Waals surface area contributed by atoms with Crippen molar-refractivity contribution in [2.24, 2.45) is 11.0 Å². The minimum absolute atomic E-state index is 0.434. The first-order chi connectivity index (χ1) is 3.77. The van der Waals surface area contributed by atoms with Gasteiger partial charge in [0.2, 0.25) is 0 Å². The summed E-state index contributed by atoms with van der Waals surface area (Å²) >= 11 is 0. The molecule has 0 aliphatic heterocycles. The third kappa shape index (κ3) is 5.23. The van der Waals surface area contributed by atoms with Crippen LogP contribution in [0.25, 0.3) is 10.4 Å². The van der Waals surface area contributed by atoms with Crippen LogP contribution >= 0.6 is 0 Å². The fourth-order valence-electron chi connectivity index (χ4n) is 0.247. The molecule has 0 saturated heterocycles. The second kappa shape index (κ2) is 4.39. The molecule has 46 valence electrons. The Morgan fingerprint density at radius 1 is 1.88 bits per heavy atom. The van der Waals surface area contributed by atoms with E-state index >= 15 is 0 Å². The van der Waals surface area contributed by atoms with Crippen LogP contribution in [0, 0.1) is 0 Å². The highest BCUT2D eigenvalue weighted by Crippen LogP contribution is 1.71. The zero-order valence-corrected chi connectivity index (χ0v) is 4.78. The average Bonchev–Trinajstić information content (AvgIpc) is 1.66. The second-order valence-electron chi connectivity index (χ2n) is 1.44. The van der Waals surface area contributed by atoms with E-state index in [1.165, 1.54) is 5.01 Å². The molecule has 0 unspecified atom stereocenters. The standard InChI is InChI=1S/C3H9N5/c1-8(5)3-2-6-7-4/h2-3,5H2,1H3. The molecule has 0 bridgehead atoms. The largest absolute Gasteiger partial charge is 0.269 e. The van der Waals surface area contributed by atoms with Crippen molar-refractivity contribution < 1.29 is 0 Å². The average molecular weight is 115 g/mol. The molecule has 0 rings (SSSR count). The summed E-state index contributed by atoms with van der Waals surface area (Å²) in [5.41, 5.74) is 7.78. The Bertz CT molecular complexity index is 91.8. The van der Waals surface area contributed by atoms with Crippen molar-refractivity contribution in [3.8, 4) is 0 Å². The molecule has 0 radical (unpaired) electrons. The summed E-state index contributed by atoms with van der Waals surface area (Å²) in [5, 5.41) is 4.74. The van der Waals surface area contributed by atoms with Gasteiger partial charge >= 0.3 is 0 Å². The number of hydrazine groups is 1. The van der Waals surface area contributed by atoms with E-state index in [0.29, 0.717) is 13.1 Å². The first-order valence-corrected chi connectivity index (χ1v) is 2.24. The number of azide groups is 1. The van der Waals surface area contributed by atoms with E-state index in [2.05, 4.69) is 10.0 Å². The van der Waals surface area contributed by atoms with E-state index in [-0.39, 0.29) is 0 Å². The van der Waals surface area contributed by atoms with Crippen molar-refractivity contribution in [2.45, 2.75) is 0 Å². The van der Waals surface area contributed by atoms with Crippen LogP contribution in [0.1, 0.15) is 0 Å². The summed E-state index contributed by atoms with van der Waals surface area (Å²) in [6.45, 7) is 1.04. The monoisotopic (exact) mass is 115 g/mol. The Balaban J connectivity index is 3.05. The number of likely N-dealkylation sites (N-methyl/N-ethyl adjacent to an activating group) is 1. The molecule has 0 aliphatic carbocycles. The number of nitrogens with zero attached hydrogens (tertiary/aromatic N) is 4. The van der Waals surface area contributed by atoms with Gasteiger partial charge in [0.1, 0.15) is 0 Å². The van der Waals surface area contributed by atoms with Gasteiger partial charge in [-0.15, -0.1) is 0 Å². The highest BCUT2D eigenvalue weighted by molar-refractivity contribution is 4.47. The van der Waals surface area contributed by atoms with Crippen molar-refractivity contribution >= 4 is 0 Å². The fourth-order valence-corrected chi connectivity index (χ4v) is 0.247. The molecular formula is C3H9N5. The molecule has 0 atom stereocenters. The van der Waals surface area contributed by atoms with Gasteiger partial charge in [0.05, 0.1) is 0 Å². The van der Waals surface area contributed by atoms with Gasteiger partial charge in [-0.1, -0.05) is 5.11 Å². The summed E-state index contributed by atoms with van der Waals surface area (Å²) in [5.74, 6) is 5.18. The number of rotatable bonds is 3. The van der Waals surface area contributed by atoms with Gasteiger partial charge < -0.3 is 0 Å². The van der Waals surface area contributed by atoms with Gasteiger partial charge in [0.25, 0.3) is 0 Å². The van der Waals surface area contributed by atoms with Crippen molar-refractivity contribution in [3.05, 3.63) is 10.4 Å². The lowest BCUT2D eigenvalue weighted by Gasteiger charge is -2.03. The second-order valence-corrected chi connectivity index (χ2v) is 1.44. The van der Waals surface area contributed by atoms with Gasteiger partial charge in [-0.3, -0.25) is 10.9 Å². The highest BCUT2D eigenvalue weighted by atomic mass is 15.4. The molecule has 0 aliphatic rings. The molecule has 0 saturated carbocycles. The molecular weight excluding hydrogens is 106 g/mol. The molecule has 5 heteroatoms. The van der Waals surface area contributed by atoms with Gasteiger partial charge in [0, 0.05) is 25.0 Å². The normalized spacial score (nSPS) is 8.88. The summed E-state index contributed by atoms with van der Waals surface area (Å²) in [7, 11) is 1.72. The van der Waals surface area contributed by atoms with Crippen LogP contribution in [0.2, 0.25) is 0 Å². The van der Waals surface area contributed by atoms with Crippen molar-refractivity contribution in [1.29, 1.82) is 0 Å². The zero-order chi connectivity index (χ0) is 6.41. The molecule has 0 heterocycles. The minimum atomic E-state index is 0.434. The Morgan fingerprint density at radius 3 is 2.88 bits per heavy atom. The van der Waals surface area contributed by atoms with E-state index in [1.54, 1.807) is 7.05 Å². The third-order valence-electron chi connectivity index (χ3n) is 0.616.